The van der Waals surface area contributed by atoms with Crippen molar-refractivity contribution in [2.75, 3.05) is 0 Å². The van der Waals surface area contributed by atoms with Crippen molar-refractivity contribution in [1.29, 1.82) is 0 Å². The van der Waals surface area contributed by atoms with Crippen molar-refractivity contribution in [2.24, 2.45) is 0 Å². The van der Waals surface area contributed by atoms with Gasteiger partial charge in [-0.3, -0.25) is 0 Å². The molecule has 0 radical (unpaired) electrons. The second-order valence-corrected chi connectivity index (χ2v) is 12.4. The molecule has 2 aliphatic carbocycles. The topological polar surface area (TPSA) is 0 Å². The van der Waals surface area contributed by atoms with Crippen LogP contribution in [0.4, 0.5) is 0 Å². The van der Waals surface area contributed by atoms with Crippen molar-refractivity contribution in [3.8, 4) is 0 Å². The molecule has 0 nitrogen and oxygen atoms in total. The number of halogens is 2. The van der Waals surface area contributed by atoms with E-state index in [1.54, 1.807) is 0 Å². The first-order valence-electron chi connectivity index (χ1n) is 12.3. The van der Waals surface area contributed by atoms with Crippen LogP contribution in [-0.2, 0) is 20.8 Å². The average Bonchev–Trinajstić information content (AvgIpc) is 3.67. The zero-order chi connectivity index (χ0) is 25.7. The van der Waals surface area contributed by atoms with Crippen LogP contribution in [-0.4, -0.2) is 0 Å². The van der Waals surface area contributed by atoms with E-state index in [1.807, 2.05) is 0 Å². The summed E-state index contributed by atoms with van der Waals surface area (Å²) in [6, 6.07) is 42.4. The summed E-state index contributed by atoms with van der Waals surface area (Å²) in [5, 5.41) is 0. The van der Waals surface area contributed by atoms with E-state index in [0.717, 1.165) is 12.8 Å². The number of hydrogen-bond acceptors (Lipinski definition) is 0. The quantitative estimate of drug-likeness (QED) is 0.197. The molecule has 0 bridgehead atoms. The zero-order valence-electron chi connectivity index (χ0n) is 22.5. The summed E-state index contributed by atoms with van der Waals surface area (Å²) in [6.45, 7) is 0. The van der Waals surface area contributed by atoms with Crippen LogP contribution in [0.1, 0.15) is 35.1 Å². The van der Waals surface area contributed by atoms with E-state index in [2.05, 4.69) is 146 Å². The predicted molar refractivity (Wildman–Crippen MR) is 171 cm³/mol. The molecule has 4 aromatic carbocycles. The standard InChI is InChI=1S/2C17H14.2CH3.2ClH.Zr/c2*1-3-7-14(8-4-1)16-11-12-17(13-16)15-9-5-2-6-10-15;;;;;/h2*1-12H,13H2;2*1H3;2*1H;/q;;2*-1;;;+4/p-2. The van der Waals surface area contributed by atoms with Crippen LogP contribution in [0.15, 0.2) is 146 Å². The van der Waals surface area contributed by atoms with Crippen molar-refractivity contribution >= 4 is 39.3 Å². The Morgan fingerprint density at radius 3 is 0.718 bits per heavy atom. The Kier molecular flexibility index (Phi) is 14.8. The van der Waals surface area contributed by atoms with E-state index in [0.29, 0.717) is 0 Å². The summed E-state index contributed by atoms with van der Waals surface area (Å²) in [4.78, 5) is 0. The zero-order valence-corrected chi connectivity index (χ0v) is 26.5. The van der Waals surface area contributed by atoms with Gasteiger partial charge in [0.2, 0.25) is 0 Å². The molecule has 0 amide bonds. The molecule has 0 unspecified atom stereocenters. The minimum absolute atomic E-state index is 0. The molecular formula is C36H34Cl2Zr. The monoisotopic (exact) mass is 626 g/mol. The number of hydrogen-bond donors (Lipinski definition) is 0. The van der Waals surface area contributed by atoms with E-state index >= 15 is 0 Å². The fourth-order valence-electron chi connectivity index (χ4n) is 4.45. The average molecular weight is 629 g/mol. The predicted octanol–water partition coefficient (Wildman–Crippen LogP) is 11.4. The Hall–Kier alpha value is -2.70. The van der Waals surface area contributed by atoms with Crippen molar-refractivity contribution < 1.29 is 20.8 Å². The van der Waals surface area contributed by atoms with E-state index in [9.17, 15) is 0 Å². The van der Waals surface area contributed by atoms with Gasteiger partial charge < -0.3 is 14.9 Å². The van der Waals surface area contributed by atoms with Crippen LogP contribution < -0.4 is 0 Å². The molecule has 0 spiro atoms. The molecule has 39 heavy (non-hydrogen) atoms. The first kappa shape index (κ1) is 32.5. The fourth-order valence-corrected chi connectivity index (χ4v) is 4.45. The summed E-state index contributed by atoms with van der Waals surface area (Å²) >= 11 is -0.826. The SMILES string of the molecule is C1=C(c2ccccc2)CC(c2ccccc2)=C1.C1=C(c2ccccc2)CC(c2ccccc2)=C1.[CH3-].[CH3-].[Cl][Zr+2][Cl]. The van der Waals surface area contributed by atoms with Crippen LogP contribution in [0, 0.1) is 14.9 Å². The van der Waals surface area contributed by atoms with Gasteiger partial charge >= 0.3 is 37.9 Å². The molecule has 2 aliphatic rings. The molecule has 196 valence electrons. The van der Waals surface area contributed by atoms with Gasteiger partial charge in [0.1, 0.15) is 0 Å². The summed E-state index contributed by atoms with van der Waals surface area (Å²) in [5.74, 6) is 0. The van der Waals surface area contributed by atoms with Gasteiger partial charge in [-0.1, -0.05) is 146 Å². The van der Waals surface area contributed by atoms with E-state index in [-0.39, 0.29) is 14.9 Å². The molecule has 0 atom stereocenters. The second-order valence-electron chi connectivity index (χ2n) is 8.66. The Bertz CT molecular complexity index is 1160. The normalized spacial score (nSPS) is 12.8. The van der Waals surface area contributed by atoms with Crippen LogP contribution in [0.5, 0.6) is 0 Å². The van der Waals surface area contributed by atoms with Crippen LogP contribution >= 0.6 is 17.0 Å². The maximum absolute atomic E-state index is 4.93. The summed E-state index contributed by atoms with van der Waals surface area (Å²) in [5.41, 5.74) is 10.9. The molecule has 3 heteroatoms. The number of rotatable bonds is 4. The molecule has 0 aliphatic heterocycles. The molecule has 4 aromatic rings. The van der Waals surface area contributed by atoms with Crippen LogP contribution in [0.25, 0.3) is 22.3 Å². The third-order valence-electron chi connectivity index (χ3n) is 6.31. The number of benzene rings is 4. The van der Waals surface area contributed by atoms with Crippen molar-refractivity contribution in [3.05, 3.63) is 183 Å². The Labute approximate surface area is 254 Å². The van der Waals surface area contributed by atoms with Crippen LogP contribution in [0.2, 0.25) is 0 Å². The summed E-state index contributed by atoms with van der Waals surface area (Å²) in [6.07, 6.45) is 11.0. The molecule has 0 heterocycles. The van der Waals surface area contributed by atoms with Crippen molar-refractivity contribution in [2.45, 2.75) is 12.8 Å². The third-order valence-corrected chi connectivity index (χ3v) is 6.31. The summed E-state index contributed by atoms with van der Waals surface area (Å²) < 4.78 is 0. The minimum atomic E-state index is -0.826. The molecule has 0 fully saturated rings. The van der Waals surface area contributed by atoms with Crippen LogP contribution in [0.3, 0.4) is 0 Å². The van der Waals surface area contributed by atoms with Gasteiger partial charge in [-0.05, 0) is 57.4 Å². The first-order valence-corrected chi connectivity index (χ1v) is 18.6. The number of allylic oxidation sites excluding steroid dienone is 8. The Morgan fingerprint density at radius 2 is 0.538 bits per heavy atom. The van der Waals surface area contributed by atoms with Gasteiger partial charge in [0.25, 0.3) is 0 Å². The Balaban J connectivity index is 0.000000238. The van der Waals surface area contributed by atoms with Gasteiger partial charge in [0, 0.05) is 0 Å². The fraction of sp³-hybridized carbons (Fsp3) is 0.0556. The molecule has 6 rings (SSSR count). The van der Waals surface area contributed by atoms with Gasteiger partial charge in [-0.2, -0.15) is 0 Å². The van der Waals surface area contributed by atoms with Gasteiger partial charge in [-0.25, -0.2) is 0 Å². The molecule has 0 aromatic heterocycles. The second kappa shape index (κ2) is 17.8. The van der Waals surface area contributed by atoms with Gasteiger partial charge in [0.15, 0.2) is 0 Å². The molecule has 0 N–H and O–H groups in total. The molecule has 0 saturated carbocycles. The van der Waals surface area contributed by atoms with E-state index < -0.39 is 20.8 Å². The molecule has 0 saturated heterocycles. The third kappa shape index (κ3) is 9.77. The Morgan fingerprint density at radius 1 is 0.359 bits per heavy atom. The van der Waals surface area contributed by atoms with Gasteiger partial charge in [0.05, 0.1) is 0 Å². The summed E-state index contributed by atoms with van der Waals surface area (Å²) in [7, 11) is 9.87. The molecular weight excluding hydrogens is 595 g/mol. The maximum atomic E-state index is 4.93. The first-order chi connectivity index (χ1) is 18.3. The van der Waals surface area contributed by atoms with Crippen molar-refractivity contribution in [3.63, 3.8) is 0 Å². The van der Waals surface area contributed by atoms with Gasteiger partial charge in [-0.15, -0.1) is 0 Å². The van der Waals surface area contributed by atoms with E-state index in [4.69, 9.17) is 17.0 Å². The van der Waals surface area contributed by atoms with Crippen molar-refractivity contribution in [1.82, 2.24) is 0 Å². The van der Waals surface area contributed by atoms with E-state index in [1.165, 1.54) is 44.5 Å².